The second kappa shape index (κ2) is 5.20. The van der Waals surface area contributed by atoms with Gasteiger partial charge in [0.2, 0.25) is 5.91 Å². The summed E-state index contributed by atoms with van der Waals surface area (Å²) >= 11 is 0. The molecule has 1 aliphatic rings. The highest BCUT2D eigenvalue weighted by Gasteiger charge is 2.29. The molecule has 1 fully saturated rings. The van der Waals surface area contributed by atoms with Gasteiger partial charge in [-0.15, -0.1) is 0 Å². The van der Waals surface area contributed by atoms with E-state index in [1.165, 1.54) is 0 Å². The zero-order valence-electron chi connectivity index (χ0n) is 11.7. The number of imidazole rings is 1. The summed E-state index contributed by atoms with van der Waals surface area (Å²) in [6.07, 6.45) is 4.51. The van der Waals surface area contributed by atoms with Gasteiger partial charge in [0.25, 0.3) is 0 Å². The third-order valence-corrected chi connectivity index (χ3v) is 3.82. The summed E-state index contributed by atoms with van der Waals surface area (Å²) in [5.41, 5.74) is 2.00. The fourth-order valence-corrected chi connectivity index (χ4v) is 2.93. The lowest BCUT2D eigenvalue weighted by atomic mass is 10.2. The first-order valence-corrected chi connectivity index (χ1v) is 6.76. The minimum Gasteiger partial charge on any atom is -0.375 e. The van der Waals surface area contributed by atoms with Gasteiger partial charge in [0.05, 0.1) is 17.8 Å². The van der Waals surface area contributed by atoms with Crippen molar-refractivity contribution in [2.45, 2.75) is 19.4 Å². The van der Waals surface area contributed by atoms with E-state index in [1.807, 2.05) is 17.9 Å². The largest absolute Gasteiger partial charge is 0.375 e. The van der Waals surface area contributed by atoms with Gasteiger partial charge < -0.3 is 14.2 Å². The van der Waals surface area contributed by atoms with Gasteiger partial charge in [-0.25, -0.2) is 4.98 Å². The predicted octanol–water partition coefficient (Wildman–Crippen LogP) is 1.16. The molecule has 1 aliphatic heterocycles. The Balaban J connectivity index is 1.86. The van der Waals surface area contributed by atoms with Crippen LogP contribution >= 0.6 is 0 Å². The number of hydrogen-bond acceptors (Lipinski definition) is 4. The molecule has 6 nitrogen and oxygen atoms in total. The number of likely N-dealkylation sites (tertiary alicyclic amines) is 1. The normalized spacial score (nSPS) is 18.9. The number of amides is 1. The van der Waals surface area contributed by atoms with Crippen LogP contribution in [0.15, 0.2) is 18.5 Å². The number of hydrogen-bond donors (Lipinski definition) is 0. The summed E-state index contributed by atoms with van der Waals surface area (Å²) in [6.45, 7) is 3.65. The maximum Gasteiger partial charge on any atom is 0.248 e. The minimum atomic E-state index is 0.0544. The first-order valence-electron chi connectivity index (χ1n) is 6.76. The molecular weight excluding hydrogens is 256 g/mol. The highest BCUT2D eigenvalue weighted by Crippen LogP contribution is 2.27. The maximum atomic E-state index is 11.9. The number of methoxy groups -OCH3 is 1. The van der Waals surface area contributed by atoms with Crippen molar-refractivity contribution in [3.63, 3.8) is 0 Å². The molecule has 0 bridgehead atoms. The van der Waals surface area contributed by atoms with Crippen LogP contribution in [0, 0.1) is 6.92 Å². The third-order valence-electron chi connectivity index (χ3n) is 3.82. The van der Waals surface area contributed by atoms with Gasteiger partial charge in [0.15, 0.2) is 0 Å². The Morgan fingerprint density at radius 2 is 2.40 bits per heavy atom. The molecular formula is C14H18N4O2. The number of pyridine rings is 1. The van der Waals surface area contributed by atoms with Crippen LogP contribution in [0.5, 0.6) is 0 Å². The van der Waals surface area contributed by atoms with E-state index in [4.69, 9.17) is 4.74 Å². The number of rotatable bonds is 3. The minimum absolute atomic E-state index is 0.0544. The fraction of sp³-hybridized carbons (Fsp3) is 0.500. The zero-order valence-corrected chi connectivity index (χ0v) is 11.7. The van der Waals surface area contributed by atoms with Gasteiger partial charge in [0.1, 0.15) is 17.9 Å². The van der Waals surface area contributed by atoms with E-state index in [-0.39, 0.29) is 18.6 Å². The van der Waals surface area contributed by atoms with Crippen LogP contribution in [-0.2, 0) is 9.53 Å². The Kier molecular flexibility index (Phi) is 3.40. The number of ether oxygens (including phenoxy) is 1. The Morgan fingerprint density at radius 1 is 1.55 bits per heavy atom. The number of carbonyl (C=O) groups is 1. The van der Waals surface area contributed by atoms with Crippen LogP contribution in [0.4, 0.5) is 0 Å². The number of carbonyl (C=O) groups excluding carboxylic acids is 1. The zero-order chi connectivity index (χ0) is 14.1. The number of aromatic nitrogens is 3. The van der Waals surface area contributed by atoms with Crippen molar-refractivity contribution in [3.05, 3.63) is 24.3 Å². The van der Waals surface area contributed by atoms with Gasteiger partial charge in [-0.3, -0.25) is 9.78 Å². The number of fused-ring (bicyclic) bond motifs is 1. The van der Waals surface area contributed by atoms with Crippen LogP contribution in [0.25, 0.3) is 11.0 Å². The van der Waals surface area contributed by atoms with Crippen LogP contribution < -0.4 is 0 Å². The molecule has 6 heteroatoms. The van der Waals surface area contributed by atoms with Crippen molar-refractivity contribution in [1.82, 2.24) is 19.4 Å². The summed E-state index contributed by atoms with van der Waals surface area (Å²) in [4.78, 5) is 22.4. The molecule has 0 spiro atoms. The van der Waals surface area contributed by atoms with Gasteiger partial charge in [-0.1, -0.05) is 0 Å². The quantitative estimate of drug-likeness (QED) is 0.842. The van der Waals surface area contributed by atoms with Crippen molar-refractivity contribution < 1.29 is 9.53 Å². The Labute approximate surface area is 117 Å². The Hall–Kier alpha value is -1.95. The van der Waals surface area contributed by atoms with Gasteiger partial charge in [0, 0.05) is 26.4 Å². The van der Waals surface area contributed by atoms with Gasteiger partial charge in [-0.05, 0) is 19.4 Å². The lowest BCUT2D eigenvalue weighted by molar-refractivity contribution is -0.134. The summed E-state index contributed by atoms with van der Waals surface area (Å²) in [7, 11) is 1.55. The summed E-state index contributed by atoms with van der Waals surface area (Å²) in [6, 6.07) is 2.26. The van der Waals surface area contributed by atoms with E-state index in [0.29, 0.717) is 0 Å². The van der Waals surface area contributed by atoms with Crippen LogP contribution in [0.2, 0.25) is 0 Å². The second-order valence-corrected chi connectivity index (χ2v) is 5.11. The molecule has 0 aromatic carbocycles. The van der Waals surface area contributed by atoms with E-state index < -0.39 is 0 Å². The number of aryl methyl sites for hydroxylation is 1. The fourth-order valence-electron chi connectivity index (χ4n) is 2.93. The summed E-state index contributed by atoms with van der Waals surface area (Å²) in [5.74, 6) is 1.03. The molecule has 1 saturated heterocycles. The standard InChI is InChI=1S/C14H18N4O2/c1-10-16-12-7-15-5-3-13(12)18(10)11-4-6-17(8-11)14(19)9-20-2/h3,5,7,11H,4,6,8-9H2,1-2H3. The molecule has 20 heavy (non-hydrogen) atoms. The van der Waals surface area contributed by atoms with Crippen LogP contribution in [0.1, 0.15) is 18.3 Å². The average Bonchev–Trinajstić information content (AvgIpc) is 3.01. The smallest absolute Gasteiger partial charge is 0.248 e. The van der Waals surface area contributed by atoms with E-state index >= 15 is 0 Å². The van der Waals surface area contributed by atoms with E-state index in [9.17, 15) is 4.79 Å². The lowest BCUT2D eigenvalue weighted by Crippen LogP contribution is -2.32. The van der Waals surface area contributed by atoms with E-state index in [1.54, 1.807) is 19.5 Å². The van der Waals surface area contributed by atoms with E-state index in [0.717, 1.165) is 36.4 Å². The molecule has 1 amide bonds. The molecule has 2 aromatic rings. The number of nitrogens with zero attached hydrogens (tertiary/aromatic N) is 4. The molecule has 0 radical (unpaired) electrons. The Morgan fingerprint density at radius 3 is 3.20 bits per heavy atom. The predicted molar refractivity (Wildman–Crippen MR) is 74.4 cm³/mol. The molecule has 3 heterocycles. The highest BCUT2D eigenvalue weighted by atomic mass is 16.5. The molecule has 0 saturated carbocycles. The Bertz CT molecular complexity index is 637. The summed E-state index contributed by atoms with van der Waals surface area (Å²) < 4.78 is 7.14. The molecule has 3 rings (SSSR count). The van der Waals surface area contributed by atoms with Gasteiger partial charge in [-0.2, -0.15) is 0 Å². The van der Waals surface area contributed by atoms with Gasteiger partial charge >= 0.3 is 0 Å². The molecule has 0 N–H and O–H groups in total. The van der Waals surface area contributed by atoms with E-state index in [2.05, 4.69) is 14.5 Å². The highest BCUT2D eigenvalue weighted by molar-refractivity contribution is 5.78. The molecule has 0 aliphatic carbocycles. The average molecular weight is 274 g/mol. The van der Waals surface area contributed by atoms with Crippen LogP contribution in [0.3, 0.4) is 0 Å². The first kappa shape index (κ1) is 13.1. The molecule has 2 aromatic heterocycles. The SMILES string of the molecule is COCC(=O)N1CCC(n2c(C)nc3cnccc32)C1. The first-order chi connectivity index (χ1) is 9.70. The second-order valence-electron chi connectivity index (χ2n) is 5.11. The van der Waals surface area contributed by atoms with Crippen molar-refractivity contribution >= 4 is 16.9 Å². The lowest BCUT2D eigenvalue weighted by Gasteiger charge is -2.18. The van der Waals surface area contributed by atoms with Crippen molar-refractivity contribution in [2.24, 2.45) is 0 Å². The molecule has 1 unspecified atom stereocenters. The van der Waals surface area contributed by atoms with Crippen LogP contribution in [-0.4, -0.2) is 52.1 Å². The maximum absolute atomic E-state index is 11.9. The van der Waals surface area contributed by atoms with Crippen molar-refractivity contribution in [2.75, 3.05) is 26.8 Å². The molecule has 106 valence electrons. The summed E-state index contributed by atoms with van der Waals surface area (Å²) in [5, 5.41) is 0. The third kappa shape index (κ3) is 2.16. The monoisotopic (exact) mass is 274 g/mol. The molecule has 1 atom stereocenters. The van der Waals surface area contributed by atoms with Crippen molar-refractivity contribution in [1.29, 1.82) is 0 Å². The van der Waals surface area contributed by atoms with Crippen molar-refractivity contribution in [3.8, 4) is 0 Å². The topological polar surface area (TPSA) is 60.2 Å².